The summed E-state index contributed by atoms with van der Waals surface area (Å²) in [6.07, 6.45) is 6.03. The van der Waals surface area contributed by atoms with Crippen molar-refractivity contribution >= 4 is 19.1 Å². The van der Waals surface area contributed by atoms with Gasteiger partial charge in [0.05, 0.1) is 5.92 Å². The number of carbonyl (C=O) groups is 2. The van der Waals surface area contributed by atoms with Crippen LogP contribution in [0.2, 0.25) is 6.32 Å². The van der Waals surface area contributed by atoms with Crippen LogP contribution in [0.3, 0.4) is 0 Å². The van der Waals surface area contributed by atoms with E-state index in [-0.39, 0.29) is 17.5 Å². The molecular weight excluding hydrogens is 311 g/mol. The summed E-state index contributed by atoms with van der Waals surface area (Å²) in [5, 5.41) is 9.61. The molecule has 24 heavy (non-hydrogen) atoms. The van der Waals surface area contributed by atoms with Crippen LogP contribution in [-0.2, 0) is 20.7 Å². The molecule has 0 aromatic heterocycles. The Hall–Kier alpha value is -2.02. The van der Waals surface area contributed by atoms with Crippen molar-refractivity contribution < 1.29 is 28.7 Å². The smallest absolute Gasteiger partial charge is 0.522 e. The number of carbonyl (C=O) groups excluding carboxylic acids is 2. The maximum Gasteiger partial charge on any atom is 0.522 e. The Balaban J connectivity index is 1.55. The van der Waals surface area contributed by atoms with E-state index in [9.17, 15) is 14.6 Å². The van der Waals surface area contributed by atoms with Gasteiger partial charge in [-0.05, 0) is 37.2 Å². The monoisotopic (exact) mass is 332 g/mol. The minimum absolute atomic E-state index is 0.0829. The van der Waals surface area contributed by atoms with Crippen LogP contribution in [0.15, 0.2) is 18.2 Å². The first-order chi connectivity index (χ1) is 11.6. The molecule has 0 atom stereocenters. The predicted molar refractivity (Wildman–Crippen MR) is 86.5 cm³/mol. The Morgan fingerprint density at radius 1 is 1.21 bits per heavy atom. The number of ether oxygens (including phenoxy) is 2. The Labute approximate surface area is 141 Å². The van der Waals surface area contributed by atoms with Crippen LogP contribution in [0.4, 0.5) is 0 Å². The van der Waals surface area contributed by atoms with Gasteiger partial charge in [-0.2, -0.15) is 0 Å². The molecule has 0 saturated heterocycles. The maximum absolute atomic E-state index is 12.2. The average Bonchev–Trinajstić information content (AvgIpc) is 2.61. The minimum Gasteiger partial charge on any atom is -0.535 e. The third-order valence-corrected chi connectivity index (χ3v) is 4.56. The highest BCUT2D eigenvalue weighted by atomic mass is 16.7. The van der Waals surface area contributed by atoms with E-state index in [0.717, 1.165) is 37.7 Å². The van der Waals surface area contributed by atoms with Gasteiger partial charge in [0.1, 0.15) is 11.3 Å². The van der Waals surface area contributed by atoms with E-state index in [1.807, 2.05) is 6.07 Å². The average molecular weight is 332 g/mol. The fourth-order valence-corrected chi connectivity index (χ4v) is 3.23. The number of para-hydroxylation sites is 1. The molecule has 1 aromatic rings. The van der Waals surface area contributed by atoms with Crippen molar-refractivity contribution in [3.8, 4) is 5.75 Å². The molecule has 6 nitrogen and oxygen atoms in total. The second-order valence-electron chi connectivity index (χ2n) is 6.25. The van der Waals surface area contributed by atoms with Crippen molar-refractivity contribution in [2.24, 2.45) is 5.92 Å². The molecule has 2 aliphatic rings. The van der Waals surface area contributed by atoms with Gasteiger partial charge in [0.2, 0.25) is 6.79 Å². The lowest BCUT2D eigenvalue weighted by atomic mass is 9.78. The van der Waals surface area contributed by atoms with Gasteiger partial charge < -0.3 is 19.2 Å². The van der Waals surface area contributed by atoms with E-state index >= 15 is 0 Å². The van der Waals surface area contributed by atoms with Crippen LogP contribution in [0.25, 0.3) is 0 Å². The number of fused-ring (bicyclic) bond motifs is 1. The molecule has 1 saturated carbocycles. The van der Waals surface area contributed by atoms with Gasteiger partial charge >= 0.3 is 19.1 Å². The van der Waals surface area contributed by atoms with E-state index in [1.54, 1.807) is 12.1 Å². The molecular formula is C17H21BO6. The summed E-state index contributed by atoms with van der Waals surface area (Å²) in [6, 6.07) is 5.16. The van der Waals surface area contributed by atoms with E-state index in [4.69, 9.17) is 14.1 Å². The zero-order chi connectivity index (χ0) is 16.9. The first-order valence-electron chi connectivity index (χ1n) is 8.45. The molecule has 0 unspecified atom stereocenters. The standard InChI is InChI=1S/C17H21BO6/c19-16(13-5-2-1-3-6-13)22-11-23-17(20)14-8-4-7-12-9-10-18(21)24-15(12)14/h4,7-8,13,21H,1-3,5-6,9-11H2. The van der Waals surface area contributed by atoms with Crippen LogP contribution in [0.1, 0.15) is 48.0 Å². The number of esters is 2. The van der Waals surface area contributed by atoms with Gasteiger partial charge in [-0.3, -0.25) is 4.79 Å². The molecule has 128 valence electrons. The summed E-state index contributed by atoms with van der Waals surface area (Å²) < 4.78 is 15.5. The Kier molecular flexibility index (Phi) is 5.40. The lowest BCUT2D eigenvalue weighted by Crippen LogP contribution is -2.28. The molecule has 0 bridgehead atoms. The van der Waals surface area contributed by atoms with Gasteiger partial charge in [-0.25, -0.2) is 4.79 Å². The van der Waals surface area contributed by atoms with Gasteiger partial charge in [-0.15, -0.1) is 0 Å². The van der Waals surface area contributed by atoms with Crippen molar-refractivity contribution in [3.05, 3.63) is 29.3 Å². The highest BCUT2D eigenvalue weighted by molar-refractivity contribution is 6.44. The van der Waals surface area contributed by atoms with Crippen LogP contribution in [0, 0.1) is 5.92 Å². The Morgan fingerprint density at radius 2 is 2.00 bits per heavy atom. The van der Waals surface area contributed by atoms with Crippen LogP contribution >= 0.6 is 0 Å². The van der Waals surface area contributed by atoms with Gasteiger partial charge in [0.15, 0.2) is 0 Å². The fraction of sp³-hybridized carbons (Fsp3) is 0.529. The highest BCUT2D eigenvalue weighted by Gasteiger charge is 2.28. The minimum atomic E-state index is -0.921. The lowest BCUT2D eigenvalue weighted by molar-refractivity contribution is -0.158. The lowest BCUT2D eigenvalue weighted by Gasteiger charge is -2.22. The summed E-state index contributed by atoms with van der Waals surface area (Å²) in [4.78, 5) is 24.1. The molecule has 1 heterocycles. The molecule has 7 heteroatoms. The summed E-state index contributed by atoms with van der Waals surface area (Å²) in [5.74, 6) is -0.665. The number of hydrogen-bond donors (Lipinski definition) is 1. The second kappa shape index (κ2) is 7.70. The zero-order valence-electron chi connectivity index (χ0n) is 13.5. The van der Waals surface area contributed by atoms with Crippen molar-refractivity contribution in [2.75, 3.05) is 6.79 Å². The SMILES string of the molecule is O=C(OCOC(=O)C1CCCCC1)c1cccc2c1OB(O)CC2. The summed E-state index contributed by atoms with van der Waals surface area (Å²) in [7, 11) is -0.921. The van der Waals surface area contributed by atoms with E-state index in [2.05, 4.69) is 0 Å². The van der Waals surface area contributed by atoms with E-state index in [1.165, 1.54) is 0 Å². The zero-order valence-corrected chi connectivity index (χ0v) is 13.5. The molecule has 1 aliphatic heterocycles. The summed E-state index contributed by atoms with van der Waals surface area (Å²) in [5.41, 5.74) is 1.09. The van der Waals surface area contributed by atoms with Crippen molar-refractivity contribution in [2.45, 2.75) is 44.8 Å². The third kappa shape index (κ3) is 3.90. The van der Waals surface area contributed by atoms with Gasteiger partial charge in [-0.1, -0.05) is 31.4 Å². The van der Waals surface area contributed by atoms with Crippen LogP contribution in [0.5, 0.6) is 5.75 Å². The second-order valence-corrected chi connectivity index (χ2v) is 6.25. The number of aryl methyl sites for hydroxylation is 1. The molecule has 1 aromatic carbocycles. The number of hydrogen-bond acceptors (Lipinski definition) is 6. The maximum atomic E-state index is 12.2. The molecule has 1 N–H and O–H groups in total. The van der Waals surface area contributed by atoms with Crippen molar-refractivity contribution in [1.29, 1.82) is 0 Å². The third-order valence-electron chi connectivity index (χ3n) is 4.56. The molecule has 1 aliphatic carbocycles. The summed E-state index contributed by atoms with van der Waals surface area (Å²) in [6.45, 7) is -0.402. The normalized spacial score (nSPS) is 17.6. The van der Waals surface area contributed by atoms with Crippen LogP contribution in [-0.4, -0.2) is 30.9 Å². The number of benzene rings is 1. The van der Waals surface area contributed by atoms with Crippen LogP contribution < -0.4 is 4.65 Å². The number of rotatable bonds is 4. The van der Waals surface area contributed by atoms with E-state index in [0.29, 0.717) is 18.5 Å². The summed E-state index contributed by atoms with van der Waals surface area (Å²) >= 11 is 0. The molecule has 1 fully saturated rings. The molecule has 3 rings (SSSR count). The largest absolute Gasteiger partial charge is 0.535 e. The quantitative estimate of drug-likeness (QED) is 0.518. The van der Waals surface area contributed by atoms with Crippen molar-refractivity contribution in [3.63, 3.8) is 0 Å². The highest BCUT2D eigenvalue weighted by Crippen LogP contribution is 2.30. The van der Waals surface area contributed by atoms with Gasteiger partial charge in [0, 0.05) is 0 Å². The van der Waals surface area contributed by atoms with Crippen molar-refractivity contribution in [1.82, 2.24) is 0 Å². The molecule has 0 radical (unpaired) electrons. The first kappa shape index (κ1) is 16.8. The van der Waals surface area contributed by atoms with E-state index < -0.39 is 19.9 Å². The Bertz CT molecular complexity index is 611. The first-order valence-corrected chi connectivity index (χ1v) is 8.45. The predicted octanol–water partition coefficient (Wildman–Crippen LogP) is 2.34. The topological polar surface area (TPSA) is 82.1 Å². The fourth-order valence-electron chi connectivity index (χ4n) is 3.23. The molecule has 0 spiro atoms. The van der Waals surface area contributed by atoms with Gasteiger partial charge in [0.25, 0.3) is 0 Å². The Morgan fingerprint density at radius 3 is 2.79 bits per heavy atom. The molecule has 0 amide bonds.